The number of ether oxygens (including phenoxy) is 1. The average molecular weight is 334 g/mol. The van der Waals surface area contributed by atoms with Gasteiger partial charge in [-0.1, -0.05) is 0 Å². The summed E-state index contributed by atoms with van der Waals surface area (Å²) in [5.41, 5.74) is 1.11. The Labute approximate surface area is 136 Å². The van der Waals surface area contributed by atoms with Gasteiger partial charge in [0.05, 0.1) is 4.92 Å². The third kappa shape index (κ3) is 4.13. The van der Waals surface area contributed by atoms with Crippen molar-refractivity contribution < 1.29 is 19.2 Å². The molecule has 0 saturated heterocycles. The monoisotopic (exact) mass is 334 g/mol. The van der Waals surface area contributed by atoms with E-state index in [4.69, 9.17) is 4.74 Å². The Morgan fingerprint density at radius 2 is 1.91 bits per heavy atom. The average Bonchev–Trinajstić information content (AvgIpc) is 2.93. The van der Waals surface area contributed by atoms with Gasteiger partial charge in [-0.15, -0.1) is 11.3 Å². The number of thiophene rings is 1. The van der Waals surface area contributed by atoms with Crippen LogP contribution in [0.1, 0.15) is 22.2 Å². The van der Waals surface area contributed by atoms with Crippen molar-refractivity contribution in [2.75, 3.05) is 5.32 Å². The van der Waals surface area contributed by atoms with E-state index in [9.17, 15) is 19.7 Å². The predicted octanol–water partition coefficient (Wildman–Crippen LogP) is 3.15. The van der Waals surface area contributed by atoms with Crippen molar-refractivity contribution >= 4 is 34.6 Å². The van der Waals surface area contributed by atoms with E-state index in [1.807, 2.05) is 0 Å². The summed E-state index contributed by atoms with van der Waals surface area (Å²) in [6, 6.07) is 7.17. The Morgan fingerprint density at radius 3 is 2.43 bits per heavy atom. The van der Waals surface area contributed by atoms with Crippen LogP contribution >= 0.6 is 11.3 Å². The Hall–Kier alpha value is -2.74. The number of non-ortho nitro benzene ring substituents is 1. The third-order valence-corrected chi connectivity index (χ3v) is 4.04. The van der Waals surface area contributed by atoms with E-state index in [1.165, 1.54) is 42.5 Å². The first-order chi connectivity index (χ1) is 10.9. The number of hydrogen-bond acceptors (Lipinski definition) is 6. The van der Waals surface area contributed by atoms with E-state index in [0.717, 1.165) is 5.56 Å². The molecule has 120 valence electrons. The number of carbonyl (C=O) groups excluding carboxylic acids is 2. The van der Waals surface area contributed by atoms with Crippen LogP contribution in [0.3, 0.4) is 0 Å². The largest absolute Gasteiger partial charge is 0.448 e. The number of aryl methyl sites for hydroxylation is 1. The molecular weight excluding hydrogens is 320 g/mol. The molecule has 1 unspecified atom stereocenters. The molecule has 7 nitrogen and oxygen atoms in total. The van der Waals surface area contributed by atoms with Gasteiger partial charge in [-0.05, 0) is 43.0 Å². The molecular formula is C15H14N2O5S. The van der Waals surface area contributed by atoms with Crippen molar-refractivity contribution in [2.45, 2.75) is 20.0 Å². The molecule has 0 spiro atoms. The Morgan fingerprint density at radius 1 is 1.26 bits per heavy atom. The minimum atomic E-state index is -0.987. The van der Waals surface area contributed by atoms with Gasteiger partial charge in [0.2, 0.25) is 0 Å². The van der Waals surface area contributed by atoms with Crippen molar-refractivity contribution in [2.24, 2.45) is 0 Å². The number of nitrogens with one attached hydrogen (secondary N) is 1. The van der Waals surface area contributed by atoms with Gasteiger partial charge in [-0.2, -0.15) is 0 Å². The molecule has 0 fully saturated rings. The smallest absolute Gasteiger partial charge is 0.349 e. The van der Waals surface area contributed by atoms with Crippen LogP contribution in [-0.4, -0.2) is 22.9 Å². The number of anilines is 1. The van der Waals surface area contributed by atoms with Crippen LogP contribution < -0.4 is 5.32 Å². The highest BCUT2D eigenvalue weighted by Crippen LogP contribution is 2.18. The molecule has 0 bridgehead atoms. The zero-order valence-corrected chi connectivity index (χ0v) is 13.3. The topological polar surface area (TPSA) is 98.5 Å². The van der Waals surface area contributed by atoms with Gasteiger partial charge in [0, 0.05) is 17.8 Å². The summed E-state index contributed by atoms with van der Waals surface area (Å²) in [5.74, 6) is -1.06. The lowest BCUT2D eigenvalue weighted by molar-refractivity contribution is -0.384. The molecule has 23 heavy (non-hydrogen) atoms. The Bertz CT molecular complexity index is 739. The van der Waals surface area contributed by atoms with Gasteiger partial charge >= 0.3 is 5.97 Å². The lowest BCUT2D eigenvalue weighted by atomic mass is 10.2. The van der Waals surface area contributed by atoms with Crippen LogP contribution in [0.15, 0.2) is 35.7 Å². The highest BCUT2D eigenvalue weighted by molar-refractivity contribution is 7.12. The molecule has 1 amide bonds. The fraction of sp³-hybridized carbons (Fsp3) is 0.200. The summed E-state index contributed by atoms with van der Waals surface area (Å²) in [5, 5.41) is 14.9. The summed E-state index contributed by atoms with van der Waals surface area (Å²) < 4.78 is 5.12. The molecule has 1 N–H and O–H groups in total. The van der Waals surface area contributed by atoms with Crippen LogP contribution in [0, 0.1) is 17.0 Å². The second-order valence-electron chi connectivity index (χ2n) is 4.77. The maximum atomic E-state index is 12.0. The highest BCUT2D eigenvalue weighted by atomic mass is 32.1. The van der Waals surface area contributed by atoms with E-state index in [2.05, 4.69) is 5.32 Å². The summed E-state index contributed by atoms with van der Waals surface area (Å²) in [4.78, 5) is 34.4. The molecule has 0 aliphatic heterocycles. The zero-order chi connectivity index (χ0) is 17.0. The number of rotatable bonds is 5. The van der Waals surface area contributed by atoms with Crippen LogP contribution in [0.5, 0.6) is 0 Å². The molecule has 0 aliphatic carbocycles. The second kappa shape index (κ2) is 7.01. The quantitative estimate of drug-likeness (QED) is 0.514. The van der Waals surface area contributed by atoms with Crippen molar-refractivity contribution in [1.82, 2.24) is 0 Å². The maximum Gasteiger partial charge on any atom is 0.349 e. The number of carbonyl (C=O) groups is 2. The van der Waals surface area contributed by atoms with Crippen molar-refractivity contribution in [3.05, 3.63) is 56.3 Å². The molecule has 0 radical (unpaired) electrons. The summed E-state index contributed by atoms with van der Waals surface area (Å²) in [6.45, 7) is 3.25. The van der Waals surface area contributed by atoms with E-state index < -0.39 is 22.9 Å². The van der Waals surface area contributed by atoms with Crippen LogP contribution in [0.2, 0.25) is 0 Å². The number of amides is 1. The fourth-order valence-electron chi connectivity index (χ4n) is 1.76. The normalized spacial score (nSPS) is 11.6. The van der Waals surface area contributed by atoms with Crippen LogP contribution in [0.25, 0.3) is 0 Å². The van der Waals surface area contributed by atoms with Crippen molar-refractivity contribution in [3.63, 3.8) is 0 Å². The lowest BCUT2D eigenvalue weighted by Crippen LogP contribution is -2.29. The number of hydrogen-bond donors (Lipinski definition) is 1. The summed E-state index contributed by atoms with van der Waals surface area (Å²) >= 11 is 1.25. The van der Waals surface area contributed by atoms with E-state index >= 15 is 0 Å². The minimum Gasteiger partial charge on any atom is -0.448 e. The standard InChI is InChI=1S/C15H14N2O5S/c1-9-7-8-23-13(9)15(19)22-10(2)14(18)16-11-3-5-12(6-4-11)17(20)21/h3-8,10H,1-2H3,(H,16,18). The lowest BCUT2D eigenvalue weighted by Gasteiger charge is -2.13. The molecule has 0 aliphatic rings. The molecule has 0 saturated carbocycles. The number of nitro groups is 1. The van der Waals surface area contributed by atoms with Crippen LogP contribution in [-0.2, 0) is 9.53 Å². The highest BCUT2D eigenvalue weighted by Gasteiger charge is 2.21. The Kier molecular flexibility index (Phi) is 5.07. The predicted molar refractivity (Wildman–Crippen MR) is 85.7 cm³/mol. The van der Waals surface area contributed by atoms with Gasteiger partial charge in [0.15, 0.2) is 6.10 Å². The van der Waals surface area contributed by atoms with Gasteiger partial charge in [0.1, 0.15) is 4.88 Å². The first kappa shape index (κ1) is 16.6. The van der Waals surface area contributed by atoms with E-state index in [1.54, 1.807) is 18.4 Å². The second-order valence-corrected chi connectivity index (χ2v) is 5.69. The zero-order valence-electron chi connectivity index (χ0n) is 12.4. The first-order valence-electron chi connectivity index (χ1n) is 6.69. The molecule has 1 heterocycles. The molecule has 1 aromatic carbocycles. The minimum absolute atomic E-state index is 0.0735. The summed E-state index contributed by atoms with van der Waals surface area (Å²) in [6.07, 6.45) is -0.987. The van der Waals surface area contributed by atoms with Gasteiger partial charge in [0.25, 0.3) is 11.6 Å². The summed E-state index contributed by atoms with van der Waals surface area (Å²) in [7, 11) is 0. The van der Waals surface area contributed by atoms with Gasteiger partial charge < -0.3 is 10.1 Å². The Balaban J connectivity index is 1.96. The maximum absolute atomic E-state index is 12.0. The number of nitrogens with zero attached hydrogens (tertiary/aromatic N) is 1. The number of benzene rings is 1. The molecule has 1 atom stereocenters. The van der Waals surface area contributed by atoms with Gasteiger partial charge in [-0.25, -0.2) is 4.79 Å². The van der Waals surface area contributed by atoms with Crippen molar-refractivity contribution in [1.29, 1.82) is 0 Å². The molecule has 2 rings (SSSR count). The van der Waals surface area contributed by atoms with Crippen LogP contribution in [0.4, 0.5) is 11.4 Å². The first-order valence-corrected chi connectivity index (χ1v) is 7.57. The van der Waals surface area contributed by atoms with E-state index in [0.29, 0.717) is 10.6 Å². The number of esters is 1. The fourth-order valence-corrected chi connectivity index (χ4v) is 2.57. The third-order valence-electron chi connectivity index (χ3n) is 3.05. The van der Waals surface area contributed by atoms with E-state index in [-0.39, 0.29) is 5.69 Å². The molecule has 2 aromatic rings. The molecule has 1 aromatic heterocycles. The molecule has 8 heteroatoms. The number of nitro benzene ring substituents is 1. The van der Waals surface area contributed by atoms with Gasteiger partial charge in [-0.3, -0.25) is 14.9 Å². The SMILES string of the molecule is Cc1ccsc1C(=O)OC(C)C(=O)Nc1ccc([N+](=O)[O-])cc1. The van der Waals surface area contributed by atoms with Crippen molar-refractivity contribution in [3.8, 4) is 0 Å².